The molecule has 3 nitrogen and oxygen atoms in total. The zero-order chi connectivity index (χ0) is 17.5. The maximum atomic E-state index is 6.08. The van der Waals surface area contributed by atoms with Gasteiger partial charge in [0.15, 0.2) is 0 Å². The molecule has 3 rings (SSSR count). The highest BCUT2D eigenvalue weighted by molar-refractivity contribution is 9.10. The van der Waals surface area contributed by atoms with Crippen LogP contribution in [0.15, 0.2) is 53.0 Å². The number of para-hydroxylation sites is 1. The fourth-order valence-electron chi connectivity index (χ4n) is 3.16. The highest BCUT2D eigenvalue weighted by Gasteiger charge is 2.13. The van der Waals surface area contributed by atoms with E-state index >= 15 is 0 Å². The minimum absolute atomic E-state index is 0.614. The lowest BCUT2D eigenvalue weighted by Gasteiger charge is -2.32. The molecule has 1 heterocycles. The monoisotopic (exact) mass is 402 g/mol. The Bertz CT molecular complexity index is 651. The van der Waals surface area contributed by atoms with Gasteiger partial charge in [0.2, 0.25) is 0 Å². The summed E-state index contributed by atoms with van der Waals surface area (Å²) in [5, 5.41) is 0. The summed E-state index contributed by atoms with van der Waals surface area (Å²) in [4.78, 5) is 4.98. The van der Waals surface area contributed by atoms with E-state index in [0.29, 0.717) is 6.61 Å². The number of aryl methyl sites for hydroxylation is 1. The molecular formula is C21H27BrN2O. The van der Waals surface area contributed by atoms with Gasteiger partial charge in [0.25, 0.3) is 0 Å². The van der Waals surface area contributed by atoms with Crippen molar-refractivity contribution in [3.05, 3.63) is 64.1 Å². The summed E-state index contributed by atoms with van der Waals surface area (Å²) in [5.41, 5.74) is 2.50. The van der Waals surface area contributed by atoms with Crippen LogP contribution in [0.4, 0.5) is 0 Å². The maximum absolute atomic E-state index is 6.08. The molecule has 4 heteroatoms. The highest BCUT2D eigenvalue weighted by atomic mass is 79.9. The molecule has 134 valence electrons. The summed E-state index contributed by atoms with van der Waals surface area (Å²) in [6.45, 7) is 6.55. The molecule has 2 aromatic carbocycles. The number of halogens is 1. The molecule has 0 unspecified atom stereocenters. The maximum Gasteiger partial charge on any atom is 0.122 e. The van der Waals surface area contributed by atoms with Crippen LogP contribution in [0.5, 0.6) is 5.75 Å². The van der Waals surface area contributed by atoms with Crippen LogP contribution in [0.3, 0.4) is 0 Å². The average molecular weight is 403 g/mol. The number of nitrogens with zero attached hydrogens (tertiary/aromatic N) is 2. The number of ether oxygens (including phenoxy) is 1. The zero-order valence-electron chi connectivity index (χ0n) is 15.0. The van der Waals surface area contributed by atoms with Crippen molar-refractivity contribution in [2.75, 3.05) is 39.8 Å². The van der Waals surface area contributed by atoms with Crippen molar-refractivity contribution < 1.29 is 4.74 Å². The van der Waals surface area contributed by atoms with Crippen LogP contribution >= 0.6 is 15.9 Å². The number of likely N-dealkylation sites (N-methyl/N-ethyl adjacent to an activating group) is 1. The quantitative estimate of drug-likeness (QED) is 0.689. The first-order valence-electron chi connectivity index (χ1n) is 9.07. The standard InChI is InChI=1S/C21H27BrN2O/c1-23-13-15-24(16-14-23)12-4-6-19-5-2-3-7-21(19)25-17-18-8-10-20(22)11-9-18/h2-3,5,7-11H,4,6,12-17H2,1H3. The summed E-state index contributed by atoms with van der Waals surface area (Å²) in [6, 6.07) is 16.8. The second-order valence-corrected chi connectivity index (χ2v) is 7.69. The van der Waals surface area contributed by atoms with Crippen molar-refractivity contribution in [3.63, 3.8) is 0 Å². The first kappa shape index (κ1) is 18.4. The van der Waals surface area contributed by atoms with E-state index in [-0.39, 0.29) is 0 Å². The first-order chi connectivity index (χ1) is 12.2. The van der Waals surface area contributed by atoms with Crippen molar-refractivity contribution >= 4 is 15.9 Å². The van der Waals surface area contributed by atoms with Crippen LogP contribution in [-0.4, -0.2) is 49.6 Å². The molecule has 0 aliphatic carbocycles. The van der Waals surface area contributed by atoms with Crippen LogP contribution in [0.25, 0.3) is 0 Å². The Hall–Kier alpha value is -1.36. The molecule has 1 fully saturated rings. The van der Waals surface area contributed by atoms with E-state index in [1.165, 1.54) is 50.3 Å². The smallest absolute Gasteiger partial charge is 0.122 e. The third-order valence-corrected chi connectivity index (χ3v) is 5.33. The van der Waals surface area contributed by atoms with Crippen molar-refractivity contribution in [3.8, 4) is 5.75 Å². The second kappa shape index (κ2) is 9.37. The number of piperazine rings is 1. The largest absolute Gasteiger partial charge is 0.489 e. The molecule has 2 aromatic rings. The minimum Gasteiger partial charge on any atom is -0.489 e. The summed E-state index contributed by atoms with van der Waals surface area (Å²) in [6.07, 6.45) is 2.26. The summed E-state index contributed by atoms with van der Waals surface area (Å²) < 4.78 is 7.18. The lowest BCUT2D eigenvalue weighted by Crippen LogP contribution is -2.44. The van der Waals surface area contributed by atoms with Crippen molar-refractivity contribution in [1.82, 2.24) is 9.80 Å². The predicted octanol–water partition coefficient (Wildman–Crippen LogP) is 4.21. The molecule has 0 radical (unpaired) electrons. The van der Waals surface area contributed by atoms with E-state index < -0.39 is 0 Å². The van der Waals surface area contributed by atoms with Gasteiger partial charge in [0, 0.05) is 30.7 Å². The molecule has 0 bridgehead atoms. The molecule has 0 spiro atoms. The van der Waals surface area contributed by atoms with E-state index in [1.807, 2.05) is 0 Å². The minimum atomic E-state index is 0.614. The van der Waals surface area contributed by atoms with Gasteiger partial charge in [0.1, 0.15) is 12.4 Å². The molecule has 0 amide bonds. The summed E-state index contributed by atoms with van der Waals surface area (Å²) in [5.74, 6) is 1.02. The van der Waals surface area contributed by atoms with E-state index in [0.717, 1.165) is 16.6 Å². The number of hydrogen-bond donors (Lipinski definition) is 0. The van der Waals surface area contributed by atoms with Crippen LogP contribution < -0.4 is 4.74 Å². The van der Waals surface area contributed by atoms with Crippen LogP contribution in [0.2, 0.25) is 0 Å². The Balaban J connectivity index is 1.49. The topological polar surface area (TPSA) is 15.7 Å². The van der Waals surface area contributed by atoms with Gasteiger partial charge in [0.05, 0.1) is 0 Å². The molecule has 1 aliphatic rings. The number of hydrogen-bond acceptors (Lipinski definition) is 3. The van der Waals surface area contributed by atoms with Crippen molar-refractivity contribution in [2.24, 2.45) is 0 Å². The van der Waals surface area contributed by atoms with Gasteiger partial charge >= 0.3 is 0 Å². The van der Waals surface area contributed by atoms with E-state index in [4.69, 9.17) is 4.74 Å². The van der Waals surface area contributed by atoms with Crippen molar-refractivity contribution in [1.29, 1.82) is 0 Å². The van der Waals surface area contributed by atoms with Gasteiger partial charge in [-0.05, 0) is 55.8 Å². The van der Waals surface area contributed by atoms with E-state index in [2.05, 4.69) is 81.3 Å². The SMILES string of the molecule is CN1CCN(CCCc2ccccc2OCc2ccc(Br)cc2)CC1. The van der Waals surface area contributed by atoms with Crippen molar-refractivity contribution in [2.45, 2.75) is 19.4 Å². The fraction of sp³-hybridized carbons (Fsp3) is 0.429. The summed E-state index contributed by atoms with van der Waals surface area (Å²) >= 11 is 3.47. The Kier molecular flexibility index (Phi) is 6.91. The molecule has 0 saturated carbocycles. The molecule has 1 saturated heterocycles. The van der Waals surface area contributed by atoms with Gasteiger partial charge in [-0.3, -0.25) is 0 Å². The predicted molar refractivity (Wildman–Crippen MR) is 107 cm³/mol. The number of rotatable bonds is 7. The van der Waals surface area contributed by atoms with E-state index in [1.54, 1.807) is 0 Å². The molecule has 25 heavy (non-hydrogen) atoms. The van der Waals surface area contributed by atoms with Gasteiger partial charge in [-0.2, -0.15) is 0 Å². The Morgan fingerprint density at radius 2 is 1.68 bits per heavy atom. The molecule has 0 N–H and O–H groups in total. The molecule has 0 aromatic heterocycles. The molecule has 0 atom stereocenters. The number of benzene rings is 2. The molecule has 1 aliphatic heterocycles. The lowest BCUT2D eigenvalue weighted by molar-refractivity contribution is 0.153. The first-order valence-corrected chi connectivity index (χ1v) is 9.86. The van der Waals surface area contributed by atoms with Crippen LogP contribution in [-0.2, 0) is 13.0 Å². The van der Waals surface area contributed by atoms with Gasteiger partial charge < -0.3 is 14.5 Å². The lowest BCUT2D eigenvalue weighted by atomic mass is 10.1. The third-order valence-electron chi connectivity index (χ3n) is 4.80. The van der Waals surface area contributed by atoms with Crippen LogP contribution in [0.1, 0.15) is 17.5 Å². The van der Waals surface area contributed by atoms with Gasteiger partial charge in [-0.15, -0.1) is 0 Å². The normalized spacial score (nSPS) is 16.1. The van der Waals surface area contributed by atoms with E-state index in [9.17, 15) is 0 Å². The Morgan fingerprint density at radius 3 is 2.44 bits per heavy atom. The van der Waals surface area contributed by atoms with Gasteiger partial charge in [-0.25, -0.2) is 0 Å². The third kappa shape index (κ3) is 5.84. The highest BCUT2D eigenvalue weighted by Crippen LogP contribution is 2.21. The van der Waals surface area contributed by atoms with Crippen LogP contribution in [0, 0.1) is 0 Å². The second-order valence-electron chi connectivity index (χ2n) is 6.77. The fourth-order valence-corrected chi connectivity index (χ4v) is 3.42. The Morgan fingerprint density at radius 1 is 0.960 bits per heavy atom. The molecular weight excluding hydrogens is 376 g/mol. The van der Waals surface area contributed by atoms with Gasteiger partial charge in [-0.1, -0.05) is 46.3 Å². The summed E-state index contributed by atoms with van der Waals surface area (Å²) in [7, 11) is 2.20. The zero-order valence-corrected chi connectivity index (χ0v) is 16.5. The Labute approximate surface area is 159 Å². The average Bonchev–Trinajstić information content (AvgIpc) is 2.64.